The number of nitrogens with zero attached hydrogens (tertiary/aromatic N) is 2. The normalized spacial score (nSPS) is 27.8. The molecule has 0 bridgehead atoms. The maximum Gasteiger partial charge on any atom is 0.0957 e. The molecule has 0 radical (unpaired) electrons. The van der Waals surface area contributed by atoms with Gasteiger partial charge in [-0.05, 0) is 6.54 Å². The SMILES string of the molecule is C=C1C(O)CC(CN(CC)CO)N1C. The number of aliphatic hydroxyl groups excluding tert-OH is 2. The molecule has 1 saturated heterocycles. The van der Waals surface area contributed by atoms with Crippen molar-refractivity contribution in [3.63, 3.8) is 0 Å². The maximum absolute atomic E-state index is 9.57. The van der Waals surface area contributed by atoms with Crippen molar-refractivity contribution in [3.05, 3.63) is 12.3 Å². The van der Waals surface area contributed by atoms with Gasteiger partial charge in [0.15, 0.2) is 0 Å². The maximum atomic E-state index is 9.57. The lowest BCUT2D eigenvalue weighted by atomic mass is 10.2. The highest BCUT2D eigenvalue weighted by molar-refractivity contribution is 5.10. The molecule has 2 unspecified atom stereocenters. The van der Waals surface area contributed by atoms with Gasteiger partial charge in [-0.15, -0.1) is 0 Å². The lowest BCUT2D eigenvalue weighted by molar-refractivity contribution is 0.0907. The summed E-state index contributed by atoms with van der Waals surface area (Å²) in [5.41, 5.74) is 0.781. The van der Waals surface area contributed by atoms with Crippen LogP contribution in [-0.4, -0.2) is 59.0 Å². The first-order valence-corrected chi connectivity index (χ1v) is 5.03. The zero-order valence-electron chi connectivity index (χ0n) is 8.98. The monoisotopic (exact) mass is 200 g/mol. The van der Waals surface area contributed by atoms with Gasteiger partial charge in [0.25, 0.3) is 0 Å². The molecule has 4 nitrogen and oxygen atoms in total. The fraction of sp³-hybridized carbons (Fsp3) is 0.800. The van der Waals surface area contributed by atoms with Crippen molar-refractivity contribution >= 4 is 0 Å². The predicted octanol–water partition coefficient (Wildman–Crippen LogP) is -0.163. The molecular weight excluding hydrogens is 180 g/mol. The van der Waals surface area contributed by atoms with Crippen molar-refractivity contribution < 1.29 is 10.2 Å². The summed E-state index contributed by atoms with van der Waals surface area (Å²) in [5.74, 6) is 0. The summed E-state index contributed by atoms with van der Waals surface area (Å²) < 4.78 is 0. The van der Waals surface area contributed by atoms with E-state index in [0.717, 1.165) is 18.8 Å². The van der Waals surface area contributed by atoms with E-state index in [9.17, 15) is 5.11 Å². The zero-order chi connectivity index (χ0) is 10.7. The fourth-order valence-corrected chi connectivity index (χ4v) is 1.80. The fourth-order valence-electron chi connectivity index (χ4n) is 1.80. The number of likely N-dealkylation sites (tertiary alicyclic amines) is 1. The summed E-state index contributed by atoms with van der Waals surface area (Å²) in [6, 6.07) is 0.268. The van der Waals surface area contributed by atoms with Gasteiger partial charge in [-0.1, -0.05) is 13.5 Å². The Morgan fingerprint density at radius 3 is 2.64 bits per heavy atom. The van der Waals surface area contributed by atoms with Crippen molar-refractivity contribution in [3.8, 4) is 0 Å². The minimum atomic E-state index is -0.414. The van der Waals surface area contributed by atoms with Gasteiger partial charge in [0.05, 0.1) is 12.8 Å². The van der Waals surface area contributed by atoms with Crippen LogP contribution >= 0.6 is 0 Å². The molecule has 1 rings (SSSR count). The lowest BCUT2D eigenvalue weighted by Crippen LogP contribution is -2.38. The van der Waals surface area contributed by atoms with Gasteiger partial charge in [-0.2, -0.15) is 0 Å². The third kappa shape index (κ3) is 2.26. The molecule has 0 aromatic heterocycles. The molecule has 82 valence electrons. The molecule has 1 fully saturated rings. The molecule has 0 amide bonds. The standard InChI is InChI=1S/C10H20N2O2/c1-4-12(7-13)6-9-5-10(14)8(2)11(9)3/h9-10,13-14H,2,4-7H2,1,3H3. The number of hydrogen-bond acceptors (Lipinski definition) is 4. The van der Waals surface area contributed by atoms with Gasteiger partial charge in [0, 0.05) is 31.8 Å². The summed E-state index contributed by atoms with van der Waals surface area (Å²) in [7, 11) is 1.94. The van der Waals surface area contributed by atoms with E-state index >= 15 is 0 Å². The van der Waals surface area contributed by atoms with Crippen LogP contribution in [-0.2, 0) is 0 Å². The molecule has 4 heteroatoms. The third-order valence-electron chi connectivity index (χ3n) is 3.00. The molecule has 2 N–H and O–H groups in total. The van der Waals surface area contributed by atoms with E-state index in [4.69, 9.17) is 5.11 Å². The minimum Gasteiger partial charge on any atom is -0.387 e. The summed E-state index contributed by atoms with van der Waals surface area (Å²) in [6.45, 7) is 7.50. The van der Waals surface area contributed by atoms with Crippen LogP contribution in [0.15, 0.2) is 12.3 Å². The smallest absolute Gasteiger partial charge is 0.0957 e. The molecule has 1 aliphatic rings. The Hall–Kier alpha value is -0.580. The van der Waals surface area contributed by atoms with Gasteiger partial charge in [-0.25, -0.2) is 0 Å². The Balaban J connectivity index is 2.50. The number of hydrogen-bond donors (Lipinski definition) is 2. The topological polar surface area (TPSA) is 46.9 Å². The Kier molecular flexibility index (Phi) is 3.92. The summed E-state index contributed by atoms with van der Waals surface area (Å²) in [5, 5.41) is 18.6. The highest BCUT2D eigenvalue weighted by atomic mass is 16.3. The summed E-state index contributed by atoms with van der Waals surface area (Å²) in [4.78, 5) is 3.94. The number of aliphatic hydroxyl groups is 2. The first kappa shape index (κ1) is 11.5. The van der Waals surface area contributed by atoms with E-state index in [2.05, 4.69) is 6.58 Å². The van der Waals surface area contributed by atoms with E-state index in [1.54, 1.807) is 0 Å². The second-order valence-electron chi connectivity index (χ2n) is 3.82. The number of rotatable bonds is 4. The van der Waals surface area contributed by atoms with Crippen LogP contribution < -0.4 is 0 Å². The predicted molar refractivity (Wildman–Crippen MR) is 55.6 cm³/mol. The Morgan fingerprint density at radius 2 is 2.29 bits per heavy atom. The van der Waals surface area contributed by atoms with Gasteiger partial charge >= 0.3 is 0 Å². The second kappa shape index (κ2) is 4.77. The van der Waals surface area contributed by atoms with Gasteiger partial charge in [-0.3, -0.25) is 4.90 Å². The van der Waals surface area contributed by atoms with Crippen LogP contribution in [0.1, 0.15) is 13.3 Å². The average Bonchev–Trinajstić information content (AvgIpc) is 2.42. The van der Waals surface area contributed by atoms with Crippen molar-refractivity contribution in [2.45, 2.75) is 25.5 Å². The Labute approximate surface area is 85.4 Å². The van der Waals surface area contributed by atoms with Gasteiger partial charge in [0.1, 0.15) is 0 Å². The highest BCUT2D eigenvalue weighted by Gasteiger charge is 2.31. The van der Waals surface area contributed by atoms with Crippen LogP contribution in [0, 0.1) is 0 Å². The molecular formula is C10H20N2O2. The van der Waals surface area contributed by atoms with Crippen molar-refractivity contribution in [2.75, 3.05) is 26.9 Å². The molecule has 0 aromatic carbocycles. The van der Waals surface area contributed by atoms with Crippen molar-refractivity contribution in [1.29, 1.82) is 0 Å². The molecule has 0 aliphatic carbocycles. The van der Waals surface area contributed by atoms with Crippen molar-refractivity contribution in [1.82, 2.24) is 9.80 Å². The third-order valence-corrected chi connectivity index (χ3v) is 3.00. The molecule has 1 heterocycles. The largest absolute Gasteiger partial charge is 0.387 e. The van der Waals surface area contributed by atoms with Gasteiger partial charge < -0.3 is 15.1 Å². The Morgan fingerprint density at radius 1 is 1.64 bits per heavy atom. The minimum absolute atomic E-state index is 0.0728. The molecule has 0 saturated carbocycles. The van der Waals surface area contributed by atoms with E-state index in [1.165, 1.54) is 0 Å². The quantitative estimate of drug-likeness (QED) is 0.619. The summed E-state index contributed by atoms with van der Waals surface area (Å²) in [6.07, 6.45) is 0.300. The van der Waals surface area contributed by atoms with Crippen LogP contribution in [0.3, 0.4) is 0 Å². The first-order valence-electron chi connectivity index (χ1n) is 5.03. The van der Waals surface area contributed by atoms with E-state index in [1.807, 2.05) is 23.8 Å². The lowest BCUT2D eigenvalue weighted by Gasteiger charge is -2.27. The molecule has 2 atom stereocenters. The molecule has 1 aliphatic heterocycles. The first-order chi connectivity index (χ1) is 6.60. The van der Waals surface area contributed by atoms with E-state index in [0.29, 0.717) is 6.42 Å². The second-order valence-corrected chi connectivity index (χ2v) is 3.82. The van der Waals surface area contributed by atoms with Crippen LogP contribution in [0.25, 0.3) is 0 Å². The van der Waals surface area contributed by atoms with Crippen molar-refractivity contribution in [2.24, 2.45) is 0 Å². The van der Waals surface area contributed by atoms with Crippen LogP contribution in [0.4, 0.5) is 0 Å². The summed E-state index contributed by atoms with van der Waals surface area (Å²) >= 11 is 0. The van der Waals surface area contributed by atoms with Gasteiger partial charge in [0.2, 0.25) is 0 Å². The van der Waals surface area contributed by atoms with E-state index in [-0.39, 0.29) is 12.8 Å². The van der Waals surface area contributed by atoms with Crippen LogP contribution in [0.5, 0.6) is 0 Å². The van der Waals surface area contributed by atoms with E-state index < -0.39 is 6.10 Å². The molecule has 0 spiro atoms. The molecule has 14 heavy (non-hydrogen) atoms. The number of likely N-dealkylation sites (N-methyl/N-ethyl adjacent to an activating group) is 2. The molecule has 0 aromatic rings. The zero-order valence-corrected chi connectivity index (χ0v) is 8.98. The van der Waals surface area contributed by atoms with Crippen LogP contribution in [0.2, 0.25) is 0 Å². The Bertz CT molecular complexity index is 204. The average molecular weight is 200 g/mol. The highest BCUT2D eigenvalue weighted by Crippen LogP contribution is 2.24.